The number of hydrogen-bond donors (Lipinski definition) is 1. The van der Waals surface area contributed by atoms with Gasteiger partial charge in [-0.25, -0.2) is 9.97 Å². The number of aromatic nitrogens is 2. The molecule has 1 aliphatic heterocycles. The van der Waals surface area contributed by atoms with Gasteiger partial charge in [-0.2, -0.15) is 0 Å². The Morgan fingerprint density at radius 2 is 1.93 bits per heavy atom. The van der Waals surface area contributed by atoms with E-state index in [1.807, 2.05) is 25.2 Å². The van der Waals surface area contributed by atoms with Crippen molar-refractivity contribution >= 4 is 11.9 Å². The first-order valence-corrected chi connectivity index (χ1v) is 9.40. The molecule has 7 nitrogen and oxygen atoms in total. The number of ether oxygens (including phenoxy) is 1. The number of rotatable bonds is 6. The highest BCUT2D eigenvalue weighted by atomic mass is 16.5. The van der Waals surface area contributed by atoms with Crippen molar-refractivity contribution in [1.29, 1.82) is 0 Å². The minimum atomic E-state index is 0.804. The molecule has 0 aliphatic carbocycles. The molecule has 1 saturated heterocycles. The summed E-state index contributed by atoms with van der Waals surface area (Å²) in [6, 6.07) is 10.1. The van der Waals surface area contributed by atoms with Gasteiger partial charge in [-0.05, 0) is 36.6 Å². The number of anilines is 1. The molecule has 2 heterocycles. The normalized spacial score (nSPS) is 15.0. The zero-order chi connectivity index (χ0) is 18.9. The second kappa shape index (κ2) is 9.75. The first-order valence-electron chi connectivity index (χ1n) is 9.40. The molecule has 144 valence electrons. The largest absolute Gasteiger partial charge is 0.497 e. The summed E-state index contributed by atoms with van der Waals surface area (Å²) in [6.07, 6.45) is 5.64. The van der Waals surface area contributed by atoms with Gasteiger partial charge in [0, 0.05) is 52.2 Å². The van der Waals surface area contributed by atoms with Crippen LogP contribution in [0.25, 0.3) is 0 Å². The lowest BCUT2D eigenvalue weighted by atomic mass is 10.1. The predicted octanol–water partition coefficient (Wildman–Crippen LogP) is 1.82. The zero-order valence-electron chi connectivity index (χ0n) is 16.1. The highest BCUT2D eigenvalue weighted by Gasteiger charge is 2.20. The number of piperazine rings is 1. The summed E-state index contributed by atoms with van der Waals surface area (Å²) in [5, 5.41) is 3.49. The maximum Gasteiger partial charge on any atom is 0.225 e. The molecule has 0 spiro atoms. The van der Waals surface area contributed by atoms with Crippen LogP contribution in [-0.2, 0) is 6.42 Å². The smallest absolute Gasteiger partial charge is 0.225 e. The van der Waals surface area contributed by atoms with Crippen LogP contribution in [0, 0.1) is 0 Å². The highest BCUT2D eigenvalue weighted by molar-refractivity contribution is 5.80. The summed E-state index contributed by atoms with van der Waals surface area (Å²) < 4.78 is 5.28. The summed E-state index contributed by atoms with van der Waals surface area (Å²) in [4.78, 5) is 17.6. The van der Waals surface area contributed by atoms with E-state index in [2.05, 4.69) is 42.2 Å². The first kappa shape index (κ1) is 18.9. The molecule has 0 unspecified atom stereocenters. The Labute approximate surface area is 161 Å². The van der Waals surface area contributed by atoms with E-state index in [1.165, 1.54) is 5.56 Å². The fourth-order valence-electron chi connectivity index (χ4n) is 3.23. The summed E-state index contributed by atoms with van der Waals surface area (Å²) in [6.45, 7) is 4.51. The van der Waals surface area contributed by atoms with Crippen molar-refractivity contribution in [1.82, 2.24) is 20.2 Å². The van der Waals surface area contributed by atoms with E-state index in [0.717, 1.165) is 63.2 Å². The number of nitrogens with zero attached hydrogens (tertiary/aromatic N) is 5. The fraction of sp³-hybridized carbons (Fsp3) is 0.450. The van der Waals surface area contributed by atoms with Crippen molar-refractivity contribution in [2.75, 3.05) is 51.8 Å². The zero-order valence-corrected chi connectivity index (χ0v) is 16.1. The topological polar surface area (TPSA) is 65.9 Å². The molecule has 1 aromatic heterocycles. The molecule has 2 aromatic rings. The Morgan fingerprint density at radius 3 is 2.63 bits per heavy atom. The van der Waals surface area contributed by atoms with Gasteiger partial charge in [-0.1, -0.05) is 12.1 Å². The van der Waals surface area contributed by atoms with E-state index in [1.54, 1.807) is 19.5 Å². The van der Waals surface area contributed by atoms with Crippen molar-refractivity contribution in [3.05, 3.63) is 48.3 Å². The molecule has 0 radical (unpaired) electrons. The van der Waals surface area contributed by atoms with Gasteiger partial charge in [0.05, 0.1) is 7.11 Å². The summed E-state index contributed by atoms with van der Waals surface area (Å²) in [5.74, 6) is 2.68. The van der Waals surface area contributed by atoms with Crippen LogP contribution in [0.5, 0.6) is 5.75 Å². The predicted molar refractivity (Wildman–Crippen MR) is 108 cm³/mol. The second-order valence-electron chi connectivity index (χ2n) is 6.45. The average Bonchev–Trinajstić information content (AvgIpc) is 2.75. The van der Waals surface area contributed by atoms with E-state index >= 15 is 0 Å². The molecule has 1 N–H and O–H groups in total. The van der Waals surface area contributed by atoms with Crippen molar-refractivity contribution in [2.24, 2.45) is 4.99 Å². The van der Waals surface area contributed by atoms with Crippen LogP contribution in [0.4, 0.5) is 5.95 Å². The minimum absolute atomic E-state index is 0.804. The maximum absolute atomic E-state index is 5.28. The van der Waals surface area contributed by atoms with E-state index < -0.39 is 0 Å². The Kier molecular flexibility index (Phi) is 6.84. The van der Waals surface area contributed by atoms with Gasteiger partial charge in [-0.3, -0.25) is 4.99 Å². The third-order valence-corrected chi connectivity index (χ3v) is 4.69. The van der Waals surface area contributed by atoms with Gasteiger partial charge < -0.3 is 19.9 Å². The summed E-state index contributed by atoms with van der Waals surface area (Å²) in [7, 11) is 3.55. The minimum Gasteiger partial charge on any atom is -0.497 e. The van der Waals surface area contributed by atoms with Gasteiger partial charge in [0.25, 0.3) is 0 Å². The molecule has 3 rings (SSSR count). The van der Waals surface area contributed by atoms with Crippen LogP contribution in [-0.4, -0.2) is 67.7 Å². The molecule has 1 aliphatic rings. The molecule has 0 amide bonds. The average molecular weight is 368 g/mol. The fourth-order valence-corrected chi connectivity index (χ4v) is 3.23. The number of aliphatic imine (C=N–C) groups is 1. The lowest BCUT2D eigenvalue weighted by molar-refractivity contribution is 0.370. The van der Waals surface area contributed by atoms with E-state index in [-0.39, 0.29) is 0 Å². The molecular formula is C20H28N6O. The third-order valence-electron chi connectivity index (χ3n) is 4.69. The molecule has 1 aromatic carbocycles. The maximum atomic E-state index is 5.28. The van der Waals surface area contributed by atoms with Gasteiger partial charge in [0.15, 0.2) is 5.96 Å². The standard InChI is InChI=1S/C20H28N6O/c1-21-19(22-9-4-7-17-6-3-8-18(16-17)27-2)25-12-14-26(15-13-25)20-23-10-5-11-24-20/h3,5-6,8,10-11,16H,4,7,9,12-15H2,1-2H3,(H,21,22). The van der Waals surface area contributed by atoms with Gasteiger partial charge in [0.1, 0.15) is 5.75 Å². The SMILES string of the molecule is CN=C(NCCCc1cccc(OC)c1)N1CCN(c2ncccn2)CC1. The quantitative estimate of drug-likeness (QED) is 0.477. The monoisotopic (exact) mass is 368 g/mol. The number of nitrogens with one attached hydrogen (secondary N) is 1. The Bertz CT molecular complexity index is 728. The number of methoxy groups -OCH3 is 1. The lowest BCUT2D eigenvalue weighted by Crippen LogP contribution is -2.53. The van der Waals surface area contributed by atoms with E-state index in [9.17, 15) is 0 Å². The van der Waals surface area contributed by atoms with Crippen molar-refractivity contribution in [3.63, 3.8) is 0 Å². The summed E-state index contributed by atoms with van der Waals surface area (Å²) >= 11 is 0. The molecular weight excluding hydrogens is 340 g/mol. The van der Waals surface area contributed by atoms with E-state index in [0.29, 0.717) is 0 Å². The van der Waals surface area contributed by atoms with Crippen LogP contribution in [0.1, 0.15) is 12.0 Å². The first-order chi connectivity index (χ1) is 13.3. The van der Waals surface area contributed by atoms with E-state index in [4.69, 9.17) is 4.74 Å². The van der Waals surface area contributed by atoms with Crippen molar-refractivity contribution < 1.29 is 4.74 Å². The Morgan fingerprint density at radius 1 is 1.15 bits per heavy atom. The number of hydrogen-bond acceptors (Lipinski definition) is 5. The molecule has 0 atom stereocenters. The van der Waals surface area contributed by atoms with Crippen LogP contribution < -0.4 is 15.0 Å². The van der Waals surface area contributed by atoms with Gasteiger partial charge in [0.2, 0.25) is 5.95 Å². The number of guanidine groups is 1. The number of benzene rings is 1. The molecule has 1 fully saturated rings. The van der Waals surface area contributed by atoms with Crippen molar-refractivity contribution in [3.8, 4) is 5.75 Å². The molecule has 0 saturated carbocycles. The number of aryl methyl sites for hydroxylation is 1. The Balaban J connectivity index is 1.42. The van der Waals surface area contributed by atoms with Gasteiger partial charge >= 0.3 is 0 Å². The van der Waals surface area contributed by atoms with Crippen LogP contribution in [0.2, 0.25) is 0 Å². The third kappa shape index (κ3) is 5.32. The van der Waals surface area contributed by atoms with Crippen LogP contribution in [0.3, 0.4) is 0 Å². The Hall–Kier alpha value is -2.83. The highest BCUT2D eigenvalue weighted by Crippen LogP contribution is 2.14. The summed E-state index contributed by atoms with van der Waals surface area (Å²) in [5.41, 5.74) is 1.29. The van der Waals surface area contributed by atoms with Crippen molar-refractivity contribution in [2.45, 2.75) is 12.8 Å². The van der Waals surface area contributed by atoms with Crippen LogP contribution >= 0.6 is 0 Å². The molecule has 27 heavy (non-hydrogen) atoms. The molecule has 0 bridgehead atoms. The van der Waals surface area contributed by atoms with Crippen LogP contribution in [0.15, 0.2) is 47.7 Å². The van der Waals surface area contributed by atoms with Gasteiger partial charge in [-0.15, -0.1) is 0 Å². The lowest BCUT2D eigenvalue weighted by Gasteiger charge is -2.36. The second-order valence-corrected chi connectivity index (χ2v) is 6.45. The molecule has 7 heteroatoms.